The third-order valence-electron chi connectivity index (χ3n) is 4.85. The van der Waals surface area contributed by atoms with E-state index in [-0.39, 0.29) is 16.8 Å². The van der Waals surface area contributed by atoms with Gasteiger partial charge in [0.25, 0.3) is 5.91 Å². The maximum atomic E-state index is 13.2. The molecular formula is C19H22N2O3S. The fraction of sp³-hybridized carbons (Fsp3) is 0.316. The summed E-state index contributed by atoms with van der Waals surface area (Å²) in [6.45, 7) is 5.58. The first-order chi connectivity index (χ1) is 11.8. The lowest BCUT2D eigenvalue weighted by atomic mass is 10.0. The van der Waals surface area contributed by atoms with Crippen LogP contribution in [0.5, 0.6) is 0 Å². The quantitative estimate of drug-likeness (QED) is 0.917. The molecule has 0 bridgehead atoms. The summed E-state index contributed by atoms with van der Waals surface area (Å²) in [5.41, 5.74) is 3.85. The molecule has 1 unspecified atom stereocenters. The van der Waals surface area contributed by atoms with Crippen molar-refractivity contribution in [2.75, 3.05) is 11.9 Å². The Labute approximate surface area is 148 Å². The molecule has 132 valence electrons. The van der Waals surface area contributed by atoms with Crippen LogP contribution in [0.3, 0.4) is 0 Å². The van der Waals surface area contributed by atoms with Gasteiger partial charge in [0.2, 0.25) is 10.0 Å². The highest BCUT2D eigenvalue weighted by atomic mass is 32.2. The van der Waals surface area contributed by atoms with Crippen molar-refractivity contribution in [3.05, 3.63) is 58.7 Å². The number of aryl methyl sites for hydroxylation is 1. The van der Waals surface area contributed by atoms with Crippen LogP contribution in [-0.2, 0) is 16.4 Å². The Hall–Kier alpha value is -2.18. The molecule has 5 nitrogen and oxygen atoms in total. The average Bonchev–Trinajstić information content (AvgIpc) is 2.92. The molecule has 3 rings (SSSR count). The van der Waals surface area contributed by atoms with Crippen LogP contribution in [0.4, 0.5) is 5.69 Å². The second kappa shape index (κ2) is 6.28. The van der Waals surface area contributed by atoms with E-state index in [0.717, 1.165) is 23.2 Å². The van der Waals surface area contributed by atoms with Gasteiger partial charge < -0.3 is 4.90 Å². The maximum absolute atomic E-state index is 13.2. The SMILES string of the molecule is CNS(=O)(=O)c1cc(C(=O)N2c3ccccc3CC2C)cc(C)c1C. The summed E-state index contributed by atoms with van der Waals surface area (Å²) in [4.78, 5) is 15.1. The van der Waals surface area contributed by atoms with Crippen molar-refractivity contribution in [2.45, 2.75) is 38.1 Å². The number of hydrogen-bond donors (Lipinski definition) is 1. The molecule has 1 atom stereocenters. The molecule has 0 fully saturated rings. The Morgan fingerprint density at radius 2 is 1.88 bits per heavy atom. The lowest BCUT2D eigenvalue weighted by Crippen LogP contribution is -2.36. The molecule has 0 radical (unpaired) electrons. The first-order valence-electron chi connectivity index (χ1n) is 8.22. The van der Waals surface area contributed by atoms with E-state index in [1.54, 1.807) is 17.9 Å². The van der Waals surface area contributed by atoms with Gasteiger partial charge in [-0.1, -0.05) is 18.2 Å². The van der Waals surface area contributed by atoms with Crippen LogP contribution in [0.1, 0.15) is 34.0 Å². The number of sulfonamides is 1. The number of benzene rings is 2. The van der Waals surface area contributed by atoms with E-state index < -0.39 is 10.0 Å². The van der Waals surface area contributed by atoms with Gasteiger partial charge in [0.1, 0.15) is 0 Å². The normalized spacial score (nSPS) is 16.8. The van der Waals surface area contributed by atoms with Gasteiger partial charge in [0, 0.05) is 17.3 Å². The third-order valence-corrected chi connectivity index (χ3v) is 6.39. The molecule has 6 heteroatoms. The van der Waals surface area contributed by atoms with Crippen LogP contribution in [0.15, 0.2) is 41.3 Å². The van der Waals surface area contributed by atoms with E-state index in [2.05, 4.69) is 4.72 Å². The summed E-state index contributed by atoms with van der Waals surface area (Å²) in [5.74, 6) is -0.173. The van der Waals surface area contributed by atoms with E-state index in [1.165, 1.54) is 13.1 Å². The molecule has 2 aromatic carbocycles. The van der Waals surface area contributed by atoms with Gasteiger partial charge >= 0.3 is 0 Å². The number of nitrogens with zero attached hydrogens (tertiary/aromatic N) is 1. The number of anilines is 1. The predicted octanol–water partition coefficient (Wildman–Crippen LogP) is 2.80. The Balaban J connectivity index is 2.10. The summed E-state index contributed by atoms with van der Waals surface area (Å²) in [7, 11) is -2.25. The highest BCUT2D eigenvalue weighted by Gasteiger charge is 2.32. The van der Waals surface area contributed by atoms with E-state index in [4.69, 9.17) is 0 Å². The number of carbonyl (C=O) groups is 1. The molecule has 0 saturated heterocycles. The van der Waals surface area contributed by atoms with Crippen LogP contribution in [0, 0.1) is 13.8 Å². The summed E-state index contributed by atoms with van der Waals surface area (Å²) in [6.07, 6.45) is 0.800. The highest BCUT2D eigenvalue weighted by Crippen LogP contribution is 2.33. The van der Waals surface area contributed by atoms with Crippen molar-refractivity contribution in [3.8, 4) is 0 Å². The highest BCUT2D eigenvalue weighted by molar-refractivity contribution is 7.89. The van der Waals surface area contributed by atoms with Crippen molar-refractivity contribution < 1.29 is 13.2 Å². The molecule has 1 aliphatic heterocycles. The number of para-hydroxylation sites is 1. The zero-order chi connectivity index (χ0) is 18.4. The monoisotopic (exact) mass is 358 g/mol. The minimum atomic E-state index is -3.63. The van der Waals surface area contributed by atoms with E-state index >= 15 is 0 Å². The maximum Gasteiger partial charge on any atom is 0.258 e. The van der Waals surface area contributed by atoms with Crippen molar-refractivity contribution in [1.82, 2.24) is 4.72 Å². The molecule has 0 aromatic heterocycles. The summed E-state index contributed by atoms with van der Waals surface area (Å²) >= 11 is 0. The summed E-state index contributed by atoms with van der Waals surface area (Å²) in [6, 6.07) is 11.1. The van der Waals surface area contributed by atoms with E-state index in [0.29, 0.717) is 11.1 Å². The Kier molecular flexibility index (Phi) is 4.43. The average molecular weight is 358 g/mol. The fourth-order valence-electron chi connectivity index (χ4n) is 3.35. The van der Waals surface area contributed by atoms with Gasteiger partial charge in [0.15, 0.2) is 0 Å². The van der Waals surface area contributed by atoms with Crippen LogP contribution < -0.4 is 9.62 Å². The number of hydrogen-bond acceptors (Lipinski definition) is 3. The van der Waals surface area contributed by atoms with Gasteiger partial charge in [-0.05, 0) is 69.1 Å². The number of fused-ring (bicyclic) bond motifs is 1. The predicted molar refractivity (Wildman–Crippen MR) is 98.6 cm³/mol. The first kappa shape index (κ1) is 17.6. The largest absolute Gasteiger partial charge is 0.305 e. The Bertz CT molecular complexity index is 951. The van der Waals surface area contributed by atoms with E-state index in [9.17, 15) is 13.2 Å². The zero-order valence-electron chi connectivity index (χ0n) is 14.8. The minimum absolute atomic E-state index is 0.0378. The fourth-order valence-corrected chi connectivity index (χ4v) is 4.42. The standard InChI is InChI=1S/C19H22N2O3S/c1-12-9-16(11-18(14(12)3)25(23,24)20-4)19(22)21-13(2)10-15-7-5-6-8-17(15)21/h5-9,11,13,20H,10H2,1-4H3. The molecule has 1 amide bonds. The van der Waals surface area contributed by atoms with Crippen molar-refractivity contribution in [2.24, 2.45) is 0 Å². The van der Waals surface area contributed by atoms with Crippen molar-refractivity contribution in [3.63, 3.8) is 0 Å². The van der Waals surface area contributed by atoms with Crippen LogP contribution in [0.2, 0.25) is 0 Å². The minimum Gasteiger partial charge on any atom is -0.305 e. The second-order valence-corrected chi connectivity index (χ2v) is 8.34. The molecule has 2 aromatic rings. The van der Waals surface area contributed by atoms with Gasteiger partial charge in [-0.15, -0.1) is 0 Å². The smallest absolute Gasteiger partial charge is 0.258 e. The topological polar surface area (TPSA) is 66.5 Å². The van der Waals surface area contributed by atoms with Gasteiger partial charge in [-0.2, -0.15) is 0 Å². The van der Waals surface area contributed by atoms with E-state index in [1.807, 2.05) is 38.1 Å². The lowest BCUT2D eigenvalue weighted by Gasteiger charge is -2.23. The van der Waals surface area contributed by atoms with Crippen LogP contribution >= 0.6 is 0 Å². The first-order valence-corrected chi connectivity index (χ1v) is 9.71. The molecule has 25 heavy (non-hydrogen) atoms. The van der Waals surface area contributed by atoms with Crippen molar-refractivity contribution >= 4 is 21.6 Å². The number of nitrogens with one attached hydrogen (secondary N) is 1. The molecular weight excluding hydrogens is 336 g/mol. The number of carbonyl (C=O) groups excluding carboxylic acids is 1. The van der Waals surface area contributed by atoms with Crippen molar-refractivity contribution in [1.29, 1.82) is 0 Å². The molecule has 1 N–H and O–H groups in total. The van der Waals surface area contributed by atoms with Gasteiger partial charge in [-0.25, -0.2) is 13.1 Å². The summed E-state index contributed by atoms with van der Waals surface area (Å²) in [5, 5.41) is 0. The molecule has 0 aliphatic carbocycles. The Morgan fingerprint density at radius 3 is 2.56 bits per heavy atom. The second-order valence-electron chi connectivity index (χ2n) is 6.48. The van der Waals surface area contributed by atoms with Crippen LogP contribution in [-0.4, -0.2) is 27.4 Å². The van der Waals surface area contributed by atoms with Gasteiger partial charge in [0.05, 0.1) is 4.90 Å². The molecule has 1 heterocycles. The molecule has 0 saturated carbocycles. The Morgan fingerprint density at radius 1 is 1.20 bits per heavy atom. The zero-order valence-corrected chi connectivity index (χ0v) is 15.6. The lowest BCUT2D eigenvalue weighted by molar-refractivity contribution is 0.0981. The van der Waals surface area contributed by atoms with Gasteiger partial charge in [-0.3, -0.25) is 4.79 Å². The van der Waals surface area contributed by atoms with Crippen LogP contribution in [0.25, 0.3) is 0 Å². The number of amides is 1. The number of rotatable bonds is 3. The molecule has 1 aliphatic rings. The third kappa shape index (κ3) is 2.96. The molecule has 0 spiro atoms. The summed E-state index contributed by atoms with van der Waals surface area (Å²) < 4.78 is 26.9.